The van der Waals surface area contributed by atoms with Crippen LogP contribution in [-0.2, 0) is 22.3 Å². The van der Waals surface area contributed by atoms with Crippen molar-refractivity contribution >= 4 is 35.2 Å². The fraction of sp³-hybridized carbons (Fsp3) is 0.500. The predicted octanol–water partition coefficient (Wildman–Crippen LogP) is 7.59. The molecule has 0 bridgehead atoms. The van der Waals surface area contributed by atoms with Crippen LogP contribution in [0.25, 0.3) is 0 Å². The Morgan fingerprint density at radius 1 is 0.650 bits per heavy atom. The molecular formula is C32H42N4O4. The molecule has 2 fully saturated rings. The van der Waals surface area contributed by atoms with Crippen molar-refractivity contribution in [1.29, 1.82) is 0 Å². The number of ether oxygens (including phenoxy) is 2. The first-order valence-electron chi connectivity index (χ1n) is 14.2. The quantitative estimate of drug-likeness (QED) is 0.387. The maximum absolute atomic E-state index is 12.5. The van der Waals surface area contributed by atoms with E-state index >= 15 is 0 Å². The monoisotopic (exact) mass is 546 g/mol. The summed E-state index contributed by atoms with van der Waals surface area (Å²) in [6, 6.07) is 16.4. The van der Waals surface area contributed by atoms with Crippen molar-refractivity contribution in [3.05, 3.63) is 59.7 Å². The van der Waals surface area contributed by atoms with Gasteiger partial charge in [-0.3, -0.25) is 9.80 Å². The molecule has 0 N–H and O–H groups in total. The van der Waals surface area contributed by atoms with Crippen LogP contribution in [0.1, 0.15) is 78.4 Å². The molecule has 0 radical (unpaired) electrons. The second-order valence-electron chi connectivity index (χ2n) is 12.4. The lowest BCUT2D eigenvalue weighted by molar-refractivity contribution is 0.0372. The largest absolute Gasteiger partial charge is 0.443 e. The summed E-state index contributed by atoms with van der Waals surface area (Å²) in [5.41, 5.74) is 3.07. The van der Waals surface area contributed by atoms with Gasteiger partial charge in [-0.05, 0) is 103 Å². The molecule has 0 aliphatic carbocycles. The van der Waals surface area contributed by atoms with E-state index in [-0.39, 0.29) is 12.2 Å². The number of amidine groups is 2. The van der Waals surface area contributed by atoms with Crippen LogP contribution >= 0.6 is 0 Å². The van der Waals surface area contributed by atoms with E-state index in [2.05, 4.69) is 24.3 Å². The van der Waals surface area contributed by atoms with Crippen molar-refractivity contribution in [3.8, 4) is 0 Å². The summed E-state index contributed by atoms with van der Waals surface area (Å²) in [4.78, 5) is 37.8. The van der Waals surface area contributed by atoms with Gasteiger partial charge in [0, 0.05) is 25.9 Å². The van der Waals surface area contributed by atoms with Crippen LogP contribution in [-0.4, -0.2) is 57.9 Å². The van der Waals surface area contributed by atoms with Crippen molar-refractivity contribution in [3.63, 3.8) is 0 Å². The molecule has 0 saturated carbocycles. The Labute approximate surface area is 238 Å². The van der Waals surface area contributed by atoms with Gasteiger partial charge in [0.2, 0.25) is 0 Å². The Hall–Kier alpha value is -3.68. The van der Waals surface area contributed by atoms with Crippen molar-refractivity contribution in [2.45, 2.75) is 91.3 Å². The maximum Gasteiger partial charge on any atom is 0.415 e. The Balaban J connectivity index is 1.32. The number of aliphatic imine (C=N–C) groups is 2. The van der Waals surface area contributed by atoms with Gasteiger partial charge in [0.15, 0.2) is 0 Å². The molecule has 2 heterocycles. The first kappa shape index (κ1) is 29.3. The van der Waals surface area contributed by atoms with Crippen molar-refractivity contribution in [2.24, 2.45) is 9.98 Å². The number of carbonyl (C=O) groups is 2. The highest BCUT2D eigenvalue weighted by molar-refractivity contribution is 5.99. The third-order valence-corrected chi connectivity index (χ3v) is 6.51. The third kappa shape index (κ3) is 8.41. The van der Waals surface area contributed by atoms with E-state index < -0.39 is 11.2 Å². The van der Waals surface area contributed by atoms with Gasteiger partial charge in [-0.25, -0.2) is 19.6 Å². The van der Waals surface area contributed by atoms with E-state index in [4.69, 9.17) is 19.5 Å². The minimum absolute atomic E-state index is 0.332. The number of nitrogens with zero attached hydrogens (tertiary/aromatic N) is 4. The second kappa shape index (κ2) is 12.2. The zero-order chi connectivity index (χ0) is 28.9. The van der Waals surface area contributed by atoms with E-state index in [9.17, 15) is 9.59 Å². The van der Waals surface area contributed by atoms with E-state index in [0.717, 1.165) is 61.6 Å². The Kier molecular flexibility index (Phi) is 8.96. The standard InChI is InChI=1S/C32H42N4O4/c1-31(2,3)39-29(37)35-21-7-9-27(35)33-25-17-13-23(14-18-25)11-12-24-15-19-26(20-16-24)34-28-10-8-22-36(28)30(38)40-32(4,5)6/h13-20H,7-12,21-22H2,1-6H3. The van der Waals surface area contributed by atoms with Crippen molar-refractivity contribution < 1.29 is 19.1 Å². The molecule has 2 saturated heterocycles. The summed E-state index contributed by atoms with van der Waals surface area (Å²) in [6.45, 7) is 12.5. The summed E-state index contributed by atoms with van der Waals surface area (Å²) in [5, 5.41) is 0. The average molecular weight is 547 g/mol. The lowest BCUT2D eigenvalue weighted by Gasteiger charge is -2.24. The fourth-order valence-corrected chi connectivity index (χ4v) is 4.64. The van der Waals surface area contributed by atoms with Gasteiger partial charge in [0.05, 0.1) is 11.4 Å². The van der Waals surface area contributed by atoms with Gasteiger partial charge < -0.3 is 9.47 Å². The highest BCUT2D eigenvalue weighted by Gasteiger charge is 2.30. The smallest absolute Gasteiger partial charge is 0.415 e. The van der Waals surface area contributed by atoms with Gasteiger partial charge in [0.1, 0.15) is 22.9 Å². The number of benzene rings is 2. The number of amides is 2. The van der Waals surface area contributed by atoms with Gasteiger partial charge in [-0.2, -0.15) is 0 Å². The highest BCUT2D eigenvalue weighted by atomic mass is 16.6. The first-order chi connectivity index (χ1) is 18.9. The Bertz CT molecular complexity index is 1150. The molecular weight excluding hydrogens is 504 g/mol. The molecule has 8 nitrogen and oxygen atoms in total. The highest BCUT2D eigenvalue weighted by Crippen LogP contribution is 2.24. The topological polar surface area (TPSA) is 83.8 Å². The number of hydrogen-bond donors (Lipinski definition) is 0. The minimum Gasteiger partial charge on any atom is -0.443 e. The van der Waals surface area contributed by atoms with Crippen LogP contribution in [0.3, 0.4) is 0 Å². The molecule has 2 aliphatic rings. The summed E-state index contributed by atoms with van der Waals surface area (Å²) in [7, 11) is 0. The summed E-state index contributed by atoms with van der Waals surface area (Å²) in [6.07, 6.45) is 4.46. The van der Waals surface area contributed by atoms with Crippen LogP contribution < -0.4 is 0 Å². The minimum atomic E-state index is -0.528. The molecule has 2 amide bonds. The van der Waals surface area contributed by atoms with E-state index in [1.54, 1.807) is 9.80 Å². The molecule has 0 spiro atoms. The zero-order valence-corrected chi connectivity index (χ0v) is 24.7. The van der Waals surface area contributed by atoms with Gasteiger partial charge in [0.25, 0.3) is 0 Å². The lowest BCUT2D eigenvalue weighted by atomic mass is 10.0. The molecule has 2 aromatic carbocycles. The van der Waals surface area contributed by atoms with Crippen LogP contribution in [0.5, 0.6) is 0 Å². The van der Waals surface area contributed by atoms with Crippen LogP contribution in [0.15, 0.2) is 58.5 Å². The Morgan fingerprint density at radius 2 is 1.00 bits per heavy atom. The number of rotatable bonds is 5. The third-order valence-electron chi connectivity index (χ3n) is 6.51. The molecule has 214 valence electrons. The van der Waals surface area contributed by atoms with Crippen molar-refractivity contribution in [1.82, 2.24) is 9.80 Å². The lowest BCUT2D eigenvalue weighted by Crippen LogP contribution is -2.37. The Morgan fingerprint density at radius 3 is 1.32 bits per heavy atom. The van der Waals surface area contributed by atoms with Crippen LogP contribution in [0.4, 0.5) is 21.0 Å². The number of aryl methyl sites for hydroxylation is 2. The van der Waals surface area contributed by atoms with E-state index in [1.807, 2.05) is 65.8 Å². The zero-order valence-electron chi connectivity index (χ0n) is 24.7. The van der Waals surface area contributed by atoms with Crippen LogP contribution in [0, 0.1) is 0 Å². The van der Waals surface area contributed by atoms with E-state index in [0.29, 0.717) is 13.1 Å². The first-order valence-corrected chi connectivity index (χ1v) is 14.2. The predicted molar refractivity (Wildman–Crippen MR) is 159 cm³/mol. The van der Waals surface area contributed by atoms with Gasteiger partial charge in [-0.1, -0.05) is 24.3 Å². The van der Waals surface area contributed by atoms with Crippen molar-refractivity contribution in [2.75, 3.05) is 13.1 Å². The average Bonchev–Trinajstić information content (AvgIpc) is 3.52. The molecule has 4 rings (SSSR count). The van der Waals surface area contributed by atoms with Crippen LogP contribution in [0.2, 0.25) is 0 Å². The van der Waals surface area contributed by atoms with Gasteiger partial charge in [-0.15, -0.1) is 0 Å². The number of carbonyl (C=O) groups excluding carboxylic acids is 2. The maximum atomic E-state index is 12.5. The molecule has 40 heavy (non-hydrogen) atoms. The molecule has 0 atom stereocenters. The SMILES string of the molecule is CC(C)(C)OC(=O)N1CCCC1=Nc1ccc(CCc2ccc(N=C3CCCN3C(=O)OC(C)(C)C)cc2)cc1. The fourth-order valence-electron chi connectivity index (χ4n) is 4.64. The normalized spacial score (nSPS) is 18.1. The molecule has 2 aliphatic heterocycles. The molecule has 0 unspecified atom stereocenters. The number of likely N-dealkylation sites (tertiary alicyclic amines) is 2. The van der Waals surface area contributed by atoms with E-state index in [1.165, 1.54) is 11.1 Å². The number of hydrogen-bond acceptors (Lipinski definition) is 6. The summed E-state index contributed by atoms with van der Waals surface area (Å²) >= 11 is 0. The summed E-state index contributed by atoms with van der Waals surface area (Å²) in [5.74, 6) is 1.52. The summed E-state index contributed by atoms with van der Waals surface area (Å²) < 4.78 is 11.1. The van der Waals surface area contributed by atoms with Gasteiger partial charge >= 0.3 is 12.2 Å². The second-order valence-corrected chi connectivity index (χ2v) is 12.4. The molecule has 8 heteroatoms. The molecule has 2 aromatic rings. The molecule has 0 aromatic heterocycles.